The Balaban J connectivity index is 1.82. The van der Waals surface area contributed by atoms with Crippen LogP contribution in [-0.2, 0) is 6.18 Å². The monoisotopic (exact) mass is 357 g/mol. The molecule has 0 bridgehead atoms. The van der Waals surface area contributed by atoms with Gasteiger partial charge in [0.25, 0.3) is 0 Å². The van der Waals surface area contributed by atoms with Gasteiger partial charge in [-0.1, -0.05) is 0 Å². The van der Waals surface area contributed by atoms with Gasteiger partial charge in [0.1, 0.15) is 5.75 Å². The van der Waals surface area contributed by atoms with E-state index in [0.29, 0.717) is 0 Å². The molecule has 0 amide bonds. The summed E-state index contributed by atoms with van der Waals surface area (Å²) in [7, 11) is 0. The lowest BCUT2D eigenvalue weighted by Gasteiger charge is -2.26. The minimum atomic E-state index is -4.55. The molecule has 136 valence electrons. The quantitative estimate of drug-likeness (QED) is 0.877. The van der Waals surface area contributed by atoms with E-state index in [0.717, 1.165) is 31.7 Å². The second-order valence-electron chi connectivity index (χ2n) is 6.22. The van der Waals surface area contributed by atoms with Crippen molar-refractivity contribution in [1.82, 2.24) is 10.2 Å². The third kappa shape index (κ3) is 4.22. The fourth-order valence-electron chi connectivity index (χ4n) is 2.92. The summed E-state index contributed by atoms with van der Waals surface area (Å²) in [6.07, 6.45) is -1.20. The molecule has 9 heteroatoms. The van der Waals surface area contributed by atoms with Gasteiger partial charge >= 0.3 is 11.9 Å². The average Bonchev–Trinajstić information content (AvgIpc) is 3.00. The van der Waals surface area contributed by atoms with Gasteiger partial charge in [0.2, 0.25) is 5.89 Å². The third-order valence-electron chi connectivity index (χ3n) is 4.34. The summed E-state index contributed by atoms with van der Waals surface area (Å²) < 4.78 is 49.9. The fourth-order valence-corrected chi connectivity index (χ4v) is 2.92. The first-order valence-electron chi connectivity index (χ1n) is 7.98. The highest BCUT2D eigenvalue weighted by Gasteiger charge is 2.35. The first-order valence-corrected chi connectivity index (χ1v) is 7.98. The van der Waals surface area contributed by atoms with E-state index in [-0.39, 0.29) is 35.8 Å². The van der Waals surface area contributed by atoms with Crippen LogP contribution in [0, 0.1) is 5.92 Å². The lowest BCUT2D eigenvalue weighted by atomic mass is 9.87. The highest BCUT2D eigenvalue weighted by Crippen LogP contribution is 2.38. The maximum atomic E-state index is 13.2. The number of alkyl halides is 3. The highest BCUT2D eigenvalue weighted by molar-refractivity contribution is 5.58. The van der Waals surface area contributed by atoms with Crippen molar-refractivity contribution in [2.24, 2.45) is 11.7 Å². The SMILES string of the molecule is N[C@H]1CC[C@H](COc2cc(-c3n[nH]c(=O)o3)ccc2C(F)(F)F)CC1. The van der Waals surface area contributed by atoms with Gasteiger partial charge < -0.3 is 14.9 Å². The molecule has 3 rings (SSSR count). The van der Waals surface area contributed by atoms with Crippen LogP contribution in [0.1, 0.15) is 31.2 Å². The second kappa shape index (κ2) is 6.91. The normalized spacial score (nSPS) is 21.3. The van der Waals surface area contributed by atoms with Crippen molar-refractivity contribution in [3.05, 3.63) is 34.3 Å². The van der Waals surface area contributed by atoms with E-state index in [4.69, 9.17) is 14.9 Å². The van der Waals surface area contributed by atoms with Crippen molar-refractivity contribution in [2.75, 3.05) is 6.61 Å². The molecule has 1 aromatic carbocycles. The molecular weight excluding hydrogens is 339 g/mol. The summed E-state index contributed by atoms with van der Waals surface area (Å²) in [6.45, 7) is 0.184. The zero-order valence-corrected chi connectivity index (χ0v) is 13.3. The van der Waals surface area contributed by atoms with Gasteiger partial charge in [-0.05, 0) is 49.8 Å². The molecule has 3 N–H and O–H groups in total. The number of aromatic amines is 1. The summed E-state index contributed by atoms with van der Waals surface area (Å²) in [5.74, 6) is -0.999. The summed E-state index contributed by atoms with van der Waals surface area (Å²) in [6, 6.07) is 3.44. The van der Waals surface area contributed by atoms with Crippen LogP contribution in [0.25, 0.3) is 11.5 Å². The molecule has 1 aliphatic rings. The molecule has 0 saturated heterocycles. The summed E-state index contributed by atoms with van der Waals surface area (Å²) in [4.78, 5) is 11.0. The van der Waals surface area contributed by atoms with Gasteiger partial charge in [0.15, 0.2) is 0 Å². The number of nitrogens with one attached hydrogen (secondary N) is 1. The predicted molar refractivity (Wildman–Crippen MR) is 83.0 cm³/mol. The molecular formula is C16H18F3N3O3. The van der Waals surface area contributed by atoms with Gasteiger partial charge in [-0.15, -0.1) is 5.10 Å². The van der Waals surface area contributed by atoms with Crippen LogP contribution in [0.4, 0.5) is 13.2 Å². The summed E-state index contributed by atoms with van der Waals surface area (Å²) >= 11 is 0. The molecule has 25 heavy (non-hydrogen) atoms. The van der Waals surface area contributed by atoms with E-state index >= 15 is 0 Å². The van der Waals surface area contributed by atoms with Crippen LogP contribution in [0.15, 0.2) is 27.4 Å². The molecule has 1 saturated carbocycles. The minimum Gasteiger partial charge on any atom is -0.493 e. The Morgan fingerprint density at radius 1 is 1.28 bits per heavy atom. The molecule has 0 atom stereocenters. The predicted octanol–water partition coefficient (Wildman–Crippen LogP) is 2.95. The Morgan fingerprint density at radius 3 is 2.60 bits per heavy atom. The van der Waals surface area contributed by atoms with Crippen LogP contribution in [-0.4, -0.2) is 22.8 Å². The van der Waals surface area contributed by atoms with E-state index in [1.807, 2.05) is 0 Å². The Bertz CT molecular complexity index is 777. The van der Waals surface area contributed by atoms with Crippen molar-refractivity contribution in [3.63, 3.8) is 0 Å². The number of halogens is 3. The lowest BCUT2D eigenvalue weighted by molar-refractivity contribution is -0.139. The van der Waals surface area contributed by atoms with Gasteiger partial charge in [-0.3, -0.25) is 0 Å². The number of hydrogen-bond donors (Lipinski definition) is 2. The molecule has 0 spiro atoms. The number of hydrogen-bond acceptors (Lipinski definition) is 5. The molecule has 0 aliphatic heterocycles. The van der Waals surface area contributed by atoms with Crippen molar-refractivity contribution in [3.8, 4) is 17.2 Å². The summed E-state index contributed by atoms with van der Waals surface area (Å²) in [5, 5.41) is 5.69. The van der Waals surface area contributed by atoms with Gasteiger partial charge in [0.05, 0.1) is 12.2 Å². The largest absolute Gasteiger partial charge is 0.493 e. The third-order valence-corrected chi connectivity index (χ3v) is 4.34. The average molecular weight is 357 g/mol. The number of nitrogens with zero attached hydrogens (tertiary/aromatic N) is 1. The van der Waals surface area contributed by atoms with E-state index < -0.39 is 17.5 Å². The molecule has 0 unspecified atom stereocenters. The summed E-state index contributed by atoms with van der Waals surface area (Å²) in [5.41, 5.74) is 5.19. The van der Waals surface area contributed by atoms with Crippen LogP contribution in [0.5, 0.6) is 5.75 Å². The van der Waals surface area contributed by atoms with Crippen LogP contribution in [0.3, 0.4) is 0 Å². The first-order chi connectivity index (χ1) is 11.8. The Hall–Kier alpha value is -2.29. The first kappa shape index (κ1) is 17.5. The molecule has 0 radical (unpaired) electrons. The zero-order chi connectivity index (χ0) is 18.0. The Kier molecular flexibility index (Phi) is 4.85. The molecule has 1 aliphatic carbocycles. The smallest absolute Gasteiger partial charge is 0.434 e. The number of ether oxygens (including phenoxy) is 1. The standard InChI is InChI=1S/C16H18F3N3O3/c17-16(18,19)12-6-3-10(14-21-22-15(23)25-14)7-13(12)24-8-9-1-4-11(20)5-2-9/h3,6-7,9,11H,1-2,4-5,8,20H2,(H,22,23)/t9-,11-. The van der Waals surface area contributed by atoms with Gasteiger partial charge in [-0.2, -0.15) is 13.2 Å². The number of aromatic nitrogens is 2. The molecule has 6 nitrogen and oxygen atoms in total. The number of benzene rings is 1. The van der Waals surface area contributed by atoms with Crippen LogP contribution < -0.4 is 16.2 Å². The molecule has 1 fully saturated rings. The van der Waals surface area contributed by atoms with E-state index in [2.05, 4.69) is 10.2 Å². The highest BCUT2D eigenvalue weighted by atomic mass is 19.4. The van der Waals surface area contributed by atoms with Crippen molar-refractivity contribution < 1.29 is 22.3 Å². The molecule has 2 aromatic rings. The number of H-pyrrole nitrogens is 1. The van der Waals surface area contributed by atoms with E-state index in [1.165, 1.54) is 12.1 Å². The van der Waals surface area contributed by atoms with Crippen molar-refractivity contribution >= 4 is 0 Å². The Morgan fingerprint density at radius 2 is 2.00 bits per heavy atom. The fraction of sp³-hybridized carbons (Fsp3) is 0.500. The zero-order valence-electron chi connectivity index (χ0n) is 13.3. The van der Waals surface area contributed by atoms with Gasteiger partial charge in [-0.25, -0.2) is 9.89 Å². The number of nitrogens with two attached hydrogens (primary N) is 1. The van der Waals surface area contributed by atoms with Crippen molar-refractivity contribution in [2.45, 2.75) is 37.9 Å². The topological polar surface area (TPSA) is 94.1 Å². The van der Waals surface area contributed by atoms with E-state index in [9.17, 15) is 18.0 Å². The van der Waals surface area contributed by atoms with Crippen molar-refractivity contribution in [1.29, 1.82) is 0 Å². The van der Waals surface area contributed by atoms with Crippen LogP contribution >= 0.6 is 0 Å². The minimum absolute atomic E-state index is 0.0905. The van der Waals surface area contributed by atoms with E-state index in [1.54, 1.807) is 0 Å². The number of rotatable bonds is 4. The molecule has 1 aromatic heterocycles. The molecule has 1 heterocycles. The lowest BCUT2D eigenvalue weighted by Crippen LogP contribution is -2.29. The second-order valence-corrected chi connectivity index (χ2v) is 6.22. The van der Waals surface area contributed by atoms with Gasteiger partial charge in [0, 0.05) is 11.6 Å². The Labute approximate surface area is 141 Å². The maximum Gasteiger partial charge on any atom is 0.434 e. The van der Waals surface area contributed by atoms with Crippen LogP contribution in [0.2, 0.25) is 0 Å². The maximum absolute atomic E-state index is 13.2.